The van der Waals surface area contributed by atoms with Gasteiger partial charge in [-0.05, 0) is 18.6 Å². The van der Waals surface area contributed by atoms with E-state index in [4.69, 9.17) is 4.74 Å². The number of para-hydroxylation sites is 1. The second-order valence-electron chi connectivity index (χ2n) is 4.76. The Bertz CT molecular complexity index is 819. The molecule has 0 aliphatic carbocycles. The molecular formula is C14H13F4NO4S. The van der Waals surface area contributed by atoms with Gasteiger partial charge in [0.2, 0.25) is 5.88 Å². The normalized spacial score (nSPS) is 13.7. The zero-order valence-electron chi connectivity index (χ0n) is 12.4. The monoisotopic (exact) mass is 367 g/mol. The zero-order valence-corrected chi connectivity index (χ0v) is 13.2. The molecule has 2 rings (SSSR count). The third-order valence-corrected chi connectivity index (χ3v) is 4.01. The Hall–Kier alpha value is -2.10. The number of aromatic nitrogens is 1. The summed E-state index contributed by atoms with van der Waals surface area (Å²) in [6, 6.07) is 6.95. The molecule has 0 fully saturated rings. The van der Waals surface area contributed by atoms with Crippen molar-refractivity contribution in [1.82, 2.24) is 4.98 Å². The lowest BCUT2D eigenvalue weighted by molar-refractivity contribution is -0.0501. The molecule has 0 aliphatic rings. The predicted octanol–water partition coefficient (Wildman–Crippen LogP) is 3.59. The average Bonchev–Trinajstić information content (AvgIpc) is 2.51. The smallest absolute Gasteiger partial charge is 0.485 e. The molecule has 2 aromatic rings. The van der Waals surface area contributed by atoms with Gasteiger partial charge in [-0.15, -0.1) is 0 Å². The number of hydrogen-bond acceptors (Lipinski definition) is 5. The van der Waals surface area contributed by atoms with Crippen molar-refractivity contribution in [2.75, 3.05) is 6.67 Å². The number of rotatable bonds is 6. The fourth-order valence-corrected chi connectivity index (χ4v) is 2.22. The predicted molar refractivity (Wildman–Crippen MR) is 78.0 cm³/mol. The van der Waals surface area contributed by atoms with Gasteiger partial charge in [0.25, 0.3) is 0 Å². The van der Waals surface area contributed by atoms with Crippen molar-refractivity contribution in [1.29, 1.82) is 0 Å². The van der Waals surface area contributed by atoms with Gasteiger partial charge >= 0.3 is 15.6 Å². The first kappa shape index (κ1) is 18.2. The molecule has 5 nitrogen and oxygen atoms in total. The minimum atomic E-state index is -5.83. The number of pyridine rings is 1. The largest absolute Gasteiger partial charge is 0.534 e. The van der Waals surface area contributed by atoms with Crippen LogP contribution in [0.4, 0.5) is 17.6 Å². The van der Waals surface area contributed by atoms with Crippen molar-refractivity contribution in [3.05, 3.63) is 30.3 Å². The van der Waals surface area contributed by atoms with Crippen molar-refractivity contribution >= 4 is 21.0 Å². The maximum absolute atomic E-state index is 12.8. The van der Waals surface area contributed by atoms with E-state index < -0.39 is 34.3 Å². The standard InChI is InChI=1S/C14H13F4NO4S/c1-2-10(8-15)22-11-5-3-4-9-6-7-12(19-13(9)11)23-24(20,21)14(16,17)18/h3-7,10H,2,8H2,1H3. The van der Waals surface area contributed by atoms with Gasteiger partial charge in [-0.2, -0.15) is 21.6 Å². The van der Waals surface area contributed by atoms with Crippen LogP contribution in [0, 0.1) is 0 Å². The molecule has 0 saturated heterocycles. The van der Waals surface area contributed by atoms with E-state index in [0.717, 1.165) is 6.07 Å². The van der Waals surface area contributed by atoms with Gasteiger partial charge in [0.15, 0.2) is 0 Å². The Balaban J connectivity index is 2.42. The van der Waals surface area contributed by atoms with E-state index in [2.05, 4.69) is 9.17 Å². The van der Waals surface area contributed by atoms with Crippen molar-refractivity contribution < 1.29 is 34.9 Å². The van der Waals surface area contributed by atoms with Crippen LogP contribution in [0.15, 0.2) is 30.3 Å². The van der Waals surface area contributed by atoms with Gasteiger partial charge in [0.05, 0.1) is 0 Å². The molecular weight excluding hydrogens is 354 g/mol. The lowest BCUT2D eigenvalue weighted by Gasteiger charge is -2.15. The first-order valence-electron chi connectivity index (χ1n) is 6.81. The molecule has 1 aromatic heterocycles. The van der Waals surface area contributed by atoms with E-state index in [-0.39, 0.29) is 11.3 Å². The van der Waals surface area contributed by atoms with Crippen molar-refractivity contribution in [2.45, 2.75) is 25.0 Å². The summed E-state index contributed by atoms with van der Waals surface area (Å²) in [7, 11) is -5.83. The SMILES string of the molecule is CCC(CF)Oc1cccc2ccc(OS(=O)(=O)C(F)(F)F)nc12. The number of benzene rings is 1. The van der Waals surface area contributed by atoms with Crippen LogP contribution in [-0.2, 0) is 10.1 Å². The van der Waals surface area contributed by atoms with Crippen LogP contribution in [0.1, 0.15) is 13.3 Å². The van der Waals surface area contributed by atoms with Gasteiger partial charge in [-0.3, -0.25) is 0 Å². The molecule has 1 unspecified atom stereocenters. The van der Waals surface area contributed by atoms with Gasteiger partial charge in [0.1, 0.15) is 24.0 Å². The summed E-state index contributed by atoms with van der Waals surface area (Å²) in [5.41, 5.74) is -5.50. The maximum Gasteiger partial charge on any atom is 0.534 e. The topological polar surface area (TPSA) is 65.5 Å². The van der Waals surface area contributed by atoms with Crippen LogP contribution in [-0.4, -0.2) is 31.7 Å². The first-order chi connectivity index (χ1) is 11.2. The summed E-state index contributed by atoms with van der Waals surface area (Å²) >= 11 is 0. The lowest BCUT2D eigenvalue weighted by atomic mass is 10.2. The molecule has 1 atom stereocenters. The lowest BCUT2D eigenvalue weighted by Crippen LogP contribution is -2.28. The fourth-order valence-electron chi connectivity index (χ4n) is 1.81. The maximum atomic E-state index is 12.8. The van der Waals surface area contributed by atoms with Gasteiger partial charge in [-0.25, -0.2) is 9.37 Å². The number of alkyl halides is 4. The van der Waals surface area contributed by atoms with E-state index in [0.29, 0.717) is 11.8 Å². The molecule has 1 aromatic carbocycles. The number of nitrogens with zero attached hydrogens (tertiary/aromatic N) is 1. The number of ether oxygens (including phenoxy) is 1. The molecule has 10 heteroatoms. The highest BCUT2D eigenvalue weighted by atomic mass is 32.2. The molecule has 0 bridgehead atoms. The van der Waals surface area contributed by atoms with Crippen LogP contribution >= 0.6 is 0 Å². The third kappa shape index (κ3) is 3.86. The van der Waals surface area contributed by atoms with E-state index in [1.54, 1.807) is 19.1 Å². The van der Waals surface area contributed by atoms with Crippen molar-refractivity contribution in [3.63, 3.8) is 0 Å². The molecule has 132 valence electrons. The van der Waals surface area contributed by atoms with Crippen LogP contribution in [0.3, 0.4) is 0 Å². The van der Waals surface area contributed by atoms with Gasteiger partial charge in [0, 0.05) is 11.5 Å². The summed E-state index contributed by atoms with van der Waals surface area (Å²) in [4.78, 5) is 3.75. The Labute approximate surface area is 135 Å². The fraction of sp³-hybridized carbons (Fsp3) is 0.357. The number of fused-ring (bicyclic) bond motifs is 1. The Morgan fingerprint density at radius 3 is 2.50 bits per heavy atom. The summed E-state index contributed by atoms with van der Waals surface area (Å²) in [6.07, 6.45) is -0.383. The van der Waals surface area contributed by atoms with Crippen molar-refractivity contribution in [2.24, 2.45) is 0 Å². The van der Waals surface area contributed by atoms with Gasteiger partial charge < -0.3 is 8.92 Å². The van der Waals surface area contributed by atoms with Gasteiger partial charge in [-0.1, -0.05) is 19.1 Å². The first-order valence-corrected chi connectivity index (χ1v) is 8.22. The number of halogens is 4. The summed E-state index contributed by atoms with van der Waals surface area (Å²) < 4.78 is 81.4. The van der Waals surface area contributed by atoms with Crippen LogP contribution in [0.25, 0.3) is 10.9 Å². The molecule has 0 saturated carbocycles. The second kappa shape index (κ2) is 6.80. The Morgan fingerprint density at radius 2 is 1.92 bits per heavy atom. The quantitative estimate of drug-likeness (QED) is 0.444. The van der Waals surface area contributed by atoms with E-state index in [1.807, 2.05) is 0 Å². The molecule has 24 heavy (non-hydrogen) atoms. The average molecular weight is 367 g/mol. The highest BCUT2D eigenvalue weighted by Gasteiger charge is 2.48. The van der Waals surface area contributed by atoms with Crippen molar-refractivity contribution in [3.8, 4) is 11.6 Å². The molecule has 0 spiro atoms. The second-order valence-corrected chi connectivity index (χ2v) is 6.30. The summed E-state index contributed by atoms with van der Waals surface area (Å²) in [5.74, 6) is -0.643. The van der Waals surface area contributed by atoms with Crippen LogP contribution in [0.5, 0.6) is 11.6 Å². The van der Waals surface area contributed by atoms with E-state index in [1.165, 1.54) is 12.1 Å². The Kier molecular flexibility index (Phi) is 5.16. The molecule has 1 heterocycles. The van der Waals surface area contributed by atoms with Crippen LogP contribution < -0.4 is 8.92 Å². The van der Waals surface area contributed by atoms with Crippen LogP contribution in [0.2, 0.25) is 0 Å². The minimum absolute atomic E-state index is 0.0688. The van der Waals surface area contributed by atoms with E-state index in [9.17, 15) is 26.0 Å². The zero-order chi connectivity index (χ0) is 18.0. The number of hydrogen-bond donors (Lipinski definition) is 0. The molecule has 0 amide bonds. The van der Waals surface area contributed by atoms with E-state index >= 15 is 0 Å². The minimum Gasteiger partial charge on any atom is -0.485 e. The Morgan fingerprint density at radius 1 is 1.21 bits per heavy atom. The highest BCUT2D eigenvalue weighted by molar-refractivity contribution is 7.87. The highest BCUT2D eigenvalue weighted by Crippen LogP contribution is 2.30. The third-order valence-electron chi connectivity index (χ3n) is 3.06. The molecule has 0 radical (unpaired) electrons. The summed E-state index contributed by atoms with van der Waals surface area (Å²) in [6.45, 7) is 0.943. The summed E-state index contributed by atoms with van der Waals surface area (Å²) in [5, 5.41) is 0.470. The molecule has 0 N–H and O–H groups in total. The molecule has 0 aliphatic heterocycles.